The summed E-state index contributed by atoms with van der Waals surface area (Å²) in [5.74, 6) is 1.72. The molecule has 1 aromatic heterocycles. The van der Waals surface area contributed by atoms with E-state index in [4.69, 9.17) is 4.74 Å². The molecule has 4 rings (SSSR count). The summed E-state index contributed by atoms with van der Waals surface area (Å²) in [5.41, 5.74) is 3.82. The van der Waals surface area contributed by atoms with Gasteiger partial charge in [-0.2, -0.15) is 0 Å². The molecule has 0 aliphatic heterocycles. The number of aryl methyl sites for hydroxylation is 1. The number of rotatable bonds is 10. The molecule has 0 radical (unpaired) electrons. The molecular weight excluding hydrogens is 446 g/mol. The van der Waals surface area contributed by atoms with Crippen LogP contribution in [0.1, 0.15) is 18.3 Å². The fourth-order valence-electron chi connectivity index (χ4n) is 3.33. The number of amides is 1. The zero-order valence-corrected chi connectivity index (χ0v) is 20.0. The van der Waals surface area contributed by atoms with Crippen molar-refractivity contribution in [3.05, 3.63) is 90.3 Å². The lowest BCUT2D eigenvalue weighted by Gasteiger charge is -2.12. The summed E-state index contributed by atoms with van der Waals surface area (Å²) in [5, 5.41) is 15.7. The molecule has 2 N–H and O–H groups in total. The number of thioether (sulfide) groups is 1. The summed E-state index contributed by atoms with van der Waals surface area (Å²) in [6.45, 7) is 5.09. The Kier molecular flexibility index (Phi) is 7.83. The standard InChI is InChI=1S/C26H27N5O2S/c1-3-33-23-15-13-20(14-16-23)27-17-24-29-30-26(31(24)22-7-5-4-6-8-22)34-18-25(32)28-21-11-9-19(2)10-12-21/h4-16,27H,3,17-18H2,1-2H3,(H,28,32). The molecule has 0 fully saturated rings. The van der Waals surface area contributed by atoms with Crippen molar-refractivity contribution >= 4 is 29.0 Å². The quantitative estimate of drug-likeness (QED) is 0.304. The van der Waals surface area contributed by atoms with Crippen LogP contribution in [-0.4, -0.2) is 33.0 Å². The van der Waals surface area contributed by atoms with Crippen molar-refractivity contribution in [2.24, 2.45) is 0 Å². The average Bonchev–Trinajstić information content (AvgIpc) is 3.27. The Morgan fingerprint density at radius 3 is 2.35 bits per heavy atom. The smallest absolute Gasteiger partial charge is 0.234 e. The number of para-hydroxylation sites is 1. The topological polar surface area (TPSA) is 81.1 Å². The van der Waals surface area contributed by atoms with E-state index in [1.165, 1.54) is 11.8 Å². The predicted octanol–water partition coefficient (Wildman–Crippen LogP) is 5.32. The molecule has 0 unspecified atom stereocenters. The van der Waals surface area contributed by atoms with Crippen LogP contribution in [-0.2, 0) is 11.3 Å². The van der Waals surface area contributed by atoms with Crippen LogP contribution in [0.15, 0.2) is 84.0 Å². The molecular formula is C26H27N5O2S. The van der Waals surface area contributed by atoms with E-state index in [9.17, 15) is 4.79 Å². The second kappa shape index (κ2) is 11.4. The van der Waals surface area contributed by atoms with Crippen LogP contribution in [0.25, 0.3) is 5.69 Å². The monoisotopic (exact) mass is 473 g/mol. The highest BCUT2D eigenvalue weighted by atomic mass is 32.2. The van der Waals surface area contributed by atoms with Crippen molar-refractivity contribution < 1.29 is 9.53 Å². The summed E-state index contributed by atoms with van der Waals surface area (Å²) >= 11 is 1.36. The van der Waals surface area contributed by atoms with Gasteiger partial charge in [-0.25, -0.2) is 0 Å². The highest BCUT2D eigenvalue weighted by Gasteiger charge is 2.16. The first kappa shape index (κ1) is 23.4. The number of carbonyl (C=O) groups is 1. The van der Waals surface area contributed by atoms with Crippen molar-refractivity contribution in [3.8, 4) is 11.4 Å². The van der Waals surface area contributed by atoms with Crippen molar-refractivity contribution in [2.75, 3.05) is 23.0 Å². The number of anilines is 2. The average molecular weight is 474 g/mol. The third-order valence-electron chi connectivity index (χ3n) is 5.00. The lowest BCUT2D eigenvalue weighted by Crippen LogP contribution is -2.15. The predicted molar refractivity (Wildman–Crippen MR) is 137 cm³/mol. The minimum Gasteiger partial charge on any atom is -0.494 e. The molecule has 4 aromatic rings. The van der Waals surface area contributed by atoms with E-state index in [0.29, 0.717) is 18.3 Å². The second-order valence-electron chi connectivity index (χ2n) is 7.58. The van der Waals surface area contributed by atoms with E-state index in [2.05, 4.69) is 20.8 Å². The van der Waals surface area contributed by atoms with Gasteiger partial charge in [-0.15, -0.1) is 10.2 Å². The Hall–Kier alpha value is -3.78. The number of benzene rings is 3. The normalized spacial score (nSPS) is 10.6. The van der Waals surface area contributed by atoms with E-state index in [-0.39, 0.29) is 11.7 Å². The van der Waals surface area contributed by atoms with Crippen molar-refractivity contribution in [1.82, 2.24) is 14.8 Å². The Labute approximate surface area is 203 Å². The van der Waals surface area contributed by atoms with Gasteiger partial charge in [0.15, 0.2) is 11.0 Å². The van der Waals surface area contributed by atoms with Gasteiger partial charge in [0.1, 0.15) is 5.75 Å². The Bertz CT molecular complexity index is 1210. The van der Waals surface area contributed by atoms with Crippen molar-refractivity contribution in [2.45, 2.75) is 25.5 Å². The van der Waals surface area contributed by atoms with E-state index in [0.717, 1.165) is 34.2 Å². The molecule has 7 nitrogen and oxygen atoms in total. The summed E-state index contributed by atoms with van der Waals surface area (Å²) in [6, 6.07) is 25.5. The molecule has 3 aromatic carbocycles. The maximum atomic E-state index is 12.5. The fourth-order valence-corrected chi connectivity index (χ4v) is 4.10. The van der Waals surface area contributed by atoms with Crippen LogP contribution in [0.4, 0.5) is 11.4 Å². The first-order chi connectivity index (χ1) is 16.6. The summed E-state index contributed by atoms with van der Waals surface area (Å²) < 4.78 is 7.48. The number of carbonyl (C=O) groups excluding carboxylic acids is 1. The van der Waals surface area contributed by atoms with Gasteiger partial charge < -0.3 is 15.4 Å². The summed E-state index contributed by atoms with van der Waals surface area (Å²) in [6.07, 6.45) is 0. The minimum absolute atomic E-state index is 0.0921. The van der Waals surface area contributed by atoms with Crippen molar-refractivity contribution in [1.29, 1.82) is 0 Å². The van der Waals surface area contributed by atoms with E-state index in [1.54, 1.807) is 0 Å². The van der Waals surface area contributed by atoms with Crippen LogP contribution < -0.4 is 15.4 Å². The third kappa shape index (κ3) is 6.17. The molecule has 0 saturated heterocycles. The van der Waals surface area contributed by atoms with Gasteiger partial charge in [-0.3, -0.25) is 9.36 Å². The second-order valence-corrected chi connectivity index (χ2v) is 8.53. The highest BCUT2D eigenvalue weighted by molar-refractivity contribution is 7.99. The van der Waals surface area contributed by atoms with Gasteiger partial charge in [-0.05, 0) is 62.4 Å². The van der Waals surface area contributed by atoms with Gasteiger partial charge in [0.25, 0.3) is 0 Å². The van der Waals surface area contributed by atoms with Gasteiger partial charge in [0.05, 0.1) is 18.9 Å². The molecule has 0 saturated carbocycles. The lowest BCUT2D eigenvalue weighted by atomic mass is 10.2. The first-order valence-corrected chi connectivity index (χ1v) is 12.1. The Morgan fingerprint density at radius 2 is 1.65 bits per heavy atom. The van der Waals surface area contributed by atoms with E-state index in [1.807, 2.05) is 97.3 Å². The van der Waals surface area contributed by atoms with Crippen LogP contribution in [0.5, 0.6) is 5.75 Å². The van der Waals surface area contributed by atoms with Gasteiger partial charge >= 0.3 is 0 Å². The third-order valence-corrected chi connectivity index (χ3v) is 5.93. The summed E-state index contributed by atoms with van der Waals surface area (Å²) in [4.78, 5) is 12.5. The number of nitrogens with zero attached hydrogens (tertiary/aromatic N) is 3. The molecule has 34 heavy (non-hydrogen) atoms. The summed E-state index contributed by atoms with van der Waals surface area (Å²) in [7, 11) is 0. The van der Waals surface area contributed by atoms with E-state index < -0.39 is 0 Å². The molecule has 1 heterocycles. The lowest BCUT2D eigenvalue weighted by molar-refractivity contribution is -0.113. The SMILES string of the molecule is CCOc1ccc(NCc2nnc(SCC(=O)Nc3ccc(C)cc3)n2-c2ccccc2)cc1. The number of ether oxygens (including phenoxy) is 1. The maximum Gasteiger partial charge on any atom is 0.234 e. The maximum absolute atomic E-state index is 12.5. The zero-order chi connectivity index (χ0) is 23.8. The molecule has 0 bridgehead atoms. The molecule has 1 amide bonds. The Balaban J connectivity index is 1.45. The highest BCUT2D eigenvalue weighted by Crippen LogP contribution is 2.23. The van der Waals surface area contributed by atoms with Crippen molar-refractivity contribution in [3.63, 3.8) is 0 Å². The number of hydrogen-bond acceptors (Lipinski definition) is 6. The van der Waals surface area contributed by atoms with Gasteiger partial charge in [-0.1, -0.05) is 47.7 Å². The minimum atomic E-state index is -0.0921. The largest absolute Gasteiger partial charge is 0.494 e. The number of aromatic nitrogens is 3. The Morgan fingerprint density at radius 1 is 0.941 bits per heavy atom. The molecule has 0 spiro atoms. The fraction of sp³-hybridized carbons (Fsp3) is 0.192. The van der Waals surface area contributed by atoms with Crippen LogP contribution in [0.3, 0.4) is 0 Å². The molecule has 174 valence electrons. The van der Waals surface area contributed by atoms with Crippen LogP contribution in [0, 0.1) is 6.92 Å². The molecule has 0 aliphatic rings. The van der Waals surface area contributed by atoms with Crippen LogP contribution in [0.2, 0.25) is 0 Å². The zero-order valence-electron chi connectivity index (χ0n) is 19.2. The van der Waals surface area contributed by atoms with Gasteiger partial charge in [0.2, 0.25) is 5.91 Å². The van der Waals surface area contributed by atoms with E-state index >= 15 is 0 Å². The van der Waals surface area contributed by atoms with Gasteiger partial charge in [0, 0.05) is 17.1 Å². The molecule has 0 aliphatic carbocycles. The molecule has 0 atom stereocenters. The van der Waals surface area contributed by atoms with Crippen LogP contribution >= 0.6 is 11.8 Å². The molecule has 8 heteroatoms. The number of hydrogen-bond donors (Lipinski definition) is 2. The first-order valence-electron chi connectivity index (χ1n) is 11.1. The number of nitrogens with one attached hydrogen (secondary N) is 2.